The number of hydrogen-bond donors (Lipinski definition) is 3. The molecule has 1 amide bonds. The van der Waals surface area contributed by atoms with E-state index in [9.17, 15) is 9.59 Å². The zero-order valence-electron chi connectivity index (χ0n) is 8.12. The van der Waals surface area contributed by atoms with Crippen LogP contribution >= 0.6 is 0 Å². The minimum Gasteiger partial charge on any atom is -0.354 e. The van der Waals surface area contributed by atoms with Gasteiger partial charge < -0.3 is 15.6 Å². The van der Waals surface area contributed by atoms with Crippen molar-refractivity contribution in [3.63, 3.8) is 0 Å². The first kappa shape index (κ1) is 9.70. The van der Waals surface area contributed by atoms with Gasteiger partial charge in [0, 0.05) is 18.9 Å². The normalized spacial score (nSPS) is 20.8. The van der Waals surface area contributed by atoms with E-state index in [2.05, 4.69) is 20.6 Å². The fourth-order valence-corrected chi connectivity index (χ4v) is 1.53. The Bertz CT molecular complexity index is 415. The van der Waals surface area contributed by atoms with E-state index in [-0.39, 0.29) is 23.3 Å². The molecule has 2 rings (SSSR count). The second kappa shape index (κ2) is 4.12. The number of H-pyrrole nitrogens is 1. The van der Waals surface area contributed by atoms with Crippen LogP contribution in [0.15, 0.2) is 17.2 Å². The quantitative estimate of drug-likeness (QED) is 0.609. The lowest BCUT2D eigenvalue weighted by molar-refractivity contribution is -0.123. The lowest BCUT2D eigenvalue weighted by Crippen LogP contribution is -2.45. The van der Waals surface area contributed by atoms with Crippen molar-refractivity contribution in [3.05, 3.63) is 22.7 Å². The second-order valence-corrected chi connectivity index (χ2v) is 3.40. The number of hydrogen-bond acceptors (Lipinski definition) is 4. The molecule has 80 valence electrons. The summed E-state index contributed by atoms with van der Waals surface area (Å²) in [5.74, 6) is 0.117. The van der Waals surface area contributed by atoms with Gasteiger partial charge in [-0.3, -0.25) is 9.59 Å². The minimum absolute atomic E-state index is 0.0775. The molecule has 6 nitrogen and oxygen atoms in total. The Balaban J connectivity index is 2.11. The van der Waals surface area contributed by atoms with Crippen molar-refractivity contribution in [2.45, 2.75) is 18.9 Å². The maximum Gasteiger partial charge on any atom is 0.290 e. The van der Waals surface area contributed by atoms with Gasteiger partial charge in [0.1, 0.15) is 6.04 Å². The summed E-state index contributed by atoms with van der Waals surface area (Å²) in [6.07, 6.45) is 4.56. The van der Waals surface area contributed by atoms with Crippen molar-refractivity contribution in [3.8, 4) is 0 Å². The molecule has 6 heteroatoms. The van der Waals surface area contributed by atoms with E-state index in [1.807, 2.05) is 0 Å². The van der Waals surface area contributed by atoms with Crippen LogP contribution in [0.2, 0.25) is 0 Å². The number of carbonyl (C=O) groups is 1. The van der Waals surface area contributed by atoms with Crippen molar-refractivity contribution >= 4 is 11.7 Å². The highest BCUT2D eigenvalue weighted by Gasteiger charge is 2.22. The first-order chi connectivity index (χ1) is 7.27. The molecule has 3 N–H and O–H groups in total. The van der Waals surface area contributed by atoms with Crippen LogP contribution < -0.4 is 16.2 Å². The maximum absolute atomic E-state index is 11.4. The van der Waals surface area contributed by atoms with Crippen LogP contribution in [0, 0.1) is 0 Å². The molecule has 1 unspecified atom stereocenters. The zero-order valence-corrected chi connectivity index (χ0v) is 8.12. The van der Waals surface area contributed by atoms with Gasteiger partial charge in [-0.25, -0.2) is 4.98 Å². The summed E-state index contributed by atoms with van der Waals surface area (Å²) in [7, 11) is 0. The van der Waals surface area contributed by atoms with E-state index >= 15 is 0 Å². The molecule has 0 bridgehead atoms. The summed E-state index contributed by atoms with van der Waals surface area (Å²) in [6, 6.07) is -0.352. The summed E-state index contributed by atoms with van der Waals surface area (Å²) in [5, 5.41) is 5.56. The number of nitrogens with one attached hydrogen (secondary N) is 3. The molecule has 1 aromatic heterocycles. The Kier molecular flexibility index (Phi) is 2.66. The Hall–Kier alpha value is -1.85. The van der Waals surface area contributed by atoms with Crippen molar-refractivity contribution in [2.24, 2.45) is 0 Å². The van der Waals surface area contributed by atoms with Crippen LogP contribution in [0.25, 0.3) is 0 Å². The third kappa shape index (κ3) is 2.15. The van der Waals surface area contributed by atoms with Gasteiger partial charge in [0.25, 0.3) is 5.56 Å². The van der Waals surface area contributed by atoms with E-state index in [1.165, 1.54) is 12.4 Å². The molecule has 1 aliphatic heterocycles. The fraction of sp³-hybridized carbons (Fsp3) is 0.444. The number of rotatable bonds is 2. The molecule has 0 radical (unpaired) electrons. The van der Waals surface area contributed by atoms with Crippen molar-refractivity contribution in [1.82, 2.24) is 15.3 Å². The second-order valence-electron chi connectivity index (χ2n) is 3.40. The highest BCUT2D eigenvalue weighted by molar-refractivity contribution is 5.84. The molecule has 0 spiro atoms. The summed E-state index contributed by atoms with van der Waals surface area (Å²) >= 11 is 0. The average Bonchev–Trinajstić information content (AvgIpc) is 2.24. The predicted octanol–water partition coefficient (Wildman–Crippen LogP) is -0.540. The summed E-state index contributed by atoms with van der Waals surface area (Å²) in [5.41, 5.74) is -0.309. The number of anilines is 1. The molecule has 0 aromatic carbocycles. The number of carbonyl (C=O) groups excluding carboxylic acids is 1. The third-order valence-electron chi connectivity index (χ3n) is 2.30. The van der Waals surface area contributed by atoms with E-state index in [1.54, 1.807) is 0 Å². The van der Waals surface area contributed by atoms with Gasteiger partial charge in [-0.15, -0.1) is 0 Å². The molecule has 1 atom stereocenters. The van der Waals surface area contributed by atoms with E-state index < -0.39 is 0 Å². The van der Waals surface area contributed by atoms with E-state index in [0.717, 1.165) is 12.8 Å². The van der Waals surface area contributed by atoms with Crippen LogP contribution in [0.3, 0.4) is 0 Å². The minimum atomic E-state index is -0.352. The van der Waals surface area contributed by atoms with Crippen LogP contribution in [-0.2, 0) is 4.79 Å². The molecule has 1 saturated heterocycles. The molecule has 1 aromatic rings. The van der Waals surface area contributed by atoms with Gasteiger partial charge in [-0.05, 0) is 12.8 Å². The first-order valence-electron chi connectivity index (χ1n) is 4.85. The van der Waals surface area contributed by atoms with Crippen LogP contribution in [0.4, 0.5) is 5.82 Å². The highest BCUT2D eigenvalue weighted by Crippen LogP contribution is 2.07. The zero-order chi connectivity index (χ0) is 10.7. The molecule has 2 heterocycles. The topological polar surface area (TPSA) is 86.9 Å². The van der Waals surface area contributed by atoms with Crippen LogP contribution in [-0.4, -0.2) is 28.5 Å². The van der Waals surface area contributed by atoms with Gasteiger partial charge >= 0.3 is 0 Å². The SMILES string of the molecule is O=C1NCCCC1Nc1ncc[nH]c1=O. The standard InChI is InChI=1S/C9H12N4O2/c14-8-6(2-1-3-11-8)13-7-9(15)12-5-4-10-7/h4-6H,1-3H2,(H,10,13)(H,11,14)(H,12,15). The number of aromatic amines is 1. The smallest absolute Gasteiger partial charge is 0.290 e. The third-order valence-corrected chi connectivity index (χ3v) is 2.30. The number of nitrogens with zero attached hydrogens (tertiary/aromatic N) is 1. The Labute approximate surface area is 86.1 Å². The Morgan fingerprint density at radius 2 is 2.33 bits per heavy atom. The molecule has 1 fully saturated rings. The lowest BCUT2D eigenvalue weighted by Gasteiger charge is -2.22. The average molecular weight is 208 g/mol. The number of piperidine rings is 1. The Morgan fingerprint density at radius 1 is 1.47 bits per heavy atom. The van der Waals surface area contributed by atoms with Gasteiger partial charge in [0.05, 0.1) is 0 Å². The summed E-state index contributed by atoms with van der Waals surface area (Å²) < 4.78 is 0. The van der Waals surface area contributed by atoms with Crippen LogP contribution in [0.5, 0.6) is 0 Å². The largest absolute Gasteiger partial charge is 0.354 e. The van der Waals surface area contributed by atoms with E-state index in [0.29, 0.717) is 6.54 Å². The van der Waals surface area contributed by atoms with Crippen LogP contribution in [0.1, 0.15) is 12.8 Å². The molecule has 0 aliphatic carbocycles. The molecule has 1 aliphatic rings. The highest BCUT2D eigenvalue weighted by atomic mass is 16.2. The van der Waals surface area contributed by atoms with Crippen molar-refractivity contribution in [1.29, 1.82) is 0 Å². The fourth-order valence-electron chi connectivity index (χ4n) is 1.53. The summed E-state index contributed by atoms with van der Waals surface area (Å²) in [4.78, 5) is 29.0. The molecule has 15 heavy (non-hydrogen) atoms. The Morgan fingerprint density at radius 3 is 3.07 bits per heavy atom. The summed E-state index contributed by atoms with van der Waals surface area (Å²) in [6.45, 7) is 0.704. The van der Waals surface area contributed by atoms with Gasteiger partial charge in [-0.2, -0.15) is 0 Å². The number of amides is 1. The van der Waals surface area contributed by atoms with Gasteiger partial charge in [-0.1, -0.05) is 0 Å². The van der Waals surface area contributed by atoms with Crippen molar-refractivity contribution in [2.75, 3.05) is 11.9 Å². The number of aromatic nitrogens is 2. The predicted molar refractivity (Wildman–Crippen MR) is 54.5 cm³/mol. The first-order valence-corrected chi connectivity index (χ1v) is 4.85. The van der Waals surface area contributed by atoms with Gasteiger partial charge in [0.2, 0.25) is 5.91 Å². The monoisotopic (exact) mass is 208 g/mol. The van der Waals surface area contributed by atoms with E-state index in [4.69, 9.17) is 0 Å². The lowest BCUT2D eigenvalue weighted by atomic mass is 10.1. The van der Waals surface area contributed by atoms with Gasteiger partial charge in [0.15, 0.2) is 5.82 Å². The molecular weight excluding hydrogens is 196 g/mol. The molecule has 0 saturated carbocycles. The molecular formula is C9H12N4O2. The maximum atomic E-state index is 11.4. The van der Waals surface area contributed by atoms with Crippen molar-refractivity contribution < 1.29 is 4.79 Å².